The Morgan fingerprint density at radius 1 is 1.10 bits per heavy atom. The van der Waals surface area contributed by atoms with Gasteiger partial charge < -0.3 is 10.6 Å². The Bertz CT molecular complexity index is 814. The van der Waals surface area contributed by atoms with Crippen LogP contribution in [0.15, 0.2) is 60.9 Å². The minimum Gasteiger partial charge on any atom is -0.396 e. The van der Waals surface area contributed by atoms with Crippen LogP contribution in [0.3, 0.4) is 0 Å². The number of nitrogens with two attached hydrogens (primary N) is 1. The fourth-order valence-electron chi connectivity index (χ4n) is 2.33. The zero-order valence-electron chi connectivity index (χ0n) is 11.7. The van der Waals surface area contributed by atoms with Crippen molar-refractivity contribution in [1.82, 2.24) is 4.98 Å². The summed E-state index contributed by atoms with van der Waals surface area (Å²) >= 11 is 0. The number of benzene rings is 2. The zero-order chi connectivity index (χ0) is 14.8. The Hall–Kier alpha value is -2.88. The number of carbonyl (C=O) groups excluding carboxylic acids is 1. The van der Waals surface area contributed by atoms with Crippen molar-refractivity contribution >= 4 is 28.1 Å². The number of carbonyl (C=O) groups is 1. The van der Waals surface area contributed by atoms with Crippen molar-refractivity contribution in [2.24, 2.45) is 0 Å². The van der Waals surface area contributed by atoms with Gasteiger partial charge in [-0.1, -0.05) is 30.3 Å². The van der Waals surface area contributed by atoms with Gasteiger partial charge in [0.05, 0.1) is 17.6 Å². The Labute approximate surface area is 122 Å². The van der Waals surface area contributed by atoms with Crippen LogP contribution in [0.1, 0.15) is 10.4 Å². The first-order valence-corrected chi connectivity index (χ1v) is 6.63. The SMILES string of the molecule is CN(C(=O)c1ccc2ccccc2c1)c1ccncc1N. The van der Waals surface area contributed by atoms with E-state index in [9.17, 15) is 4.79 Å². The van der Waals surface area contributed by atoms with E-state index in [1.807, 2.05) is 42.5 Å². The van der Waals surface area contributed by atoms with Crippen LogP contribution in [-0.2, 0) is 0 Å². The quantitative estimate of drug-likeness (QED) is 0.783. The van der Waals surface area contributed by atoms with Crippen LogP contribution >= 0.6 is 0 Å². The van der Waals surface area contributed by atoms with Gasteiger partial charge in [0, 0.05) is 18.8 Å². The summed E-state index contributed by atoms with van der Waals surface area (Å²) in [6.45, 7) is 0. The average molecular weight is 277 g/mol. The van der Waals surface area contributed by atoms with Gasteiger partial charge in [0.1, 0.15) is 0 Å². The molecule has 0 saturated carbocycles. The predicted octanol–water partition coefficient (Wildman–Crippen LogP) is 3.09. The number of hydrogen-bond donors (Lipinski definition) is 1. The van der Waals surface area contributed by atoms with E-state index in [-0.39, 0.29) is 5.91 Å². The lowest BCUT2D eigenvalue weighted by Gasteiger charge is -2.19. The molecule has 0 saturated heterocycles. The number of anilines is 2. The molecule has 0 aliphatic carbocycles. The summed E-state index contributed by atoms with van der Waals surface area (Å²) in [5.74, 6) is -0.0985. The molecule has 0 atom stereocenters. The highest BCUT2D eigenvalue weighted by Crippen LogP contribution is 2.23. The van der Waals surface area contributed by atoms with Crippen LogP contribution in [0.5, 0.6) is 0 Å². The van der Waals surface area contributed by atoms with Crippen LogP contribution in [0, 0.1) is 0 Å². The molecule has 1 heterocycles. The molecule has 0 spiro atoms. The van der Waals surface area contributed by atoms with Gasteiger partial charge in [0.2, 0.25) is 0 Å². The monoisotopic (exact) mass is 277 g/mol. The van der Waals surface area contributed by atoms with Crippen molar-refractivity contribution in [3.63, 3.8) is 0 Å². The maximum absolute atomic E-state index is 12.6. The van der Waals surface area contributed by atoms with Crippen LogP contribution in [0.4, 0.5) is 11.4 Å². The Kier molecular flexibility index (Phi) is 3.28. The predicted molar refractivity (Wildman–Crippen MR) is 85.3 cm³/mol. The Balaban J connectivity index is 1.98. The van der Waals surface area contributed by atoms with E-state index < -0.39 is 0 Å². The third-order valence-corrected chi connectivity index (χ3v) is 3.49. The first-order chi connectivity index (χ1) is 10.2. The fraction of sp³-hybridized carbons (Fsp3) is 0.0588. The van der Waals surface area contributed by atoms with Crippen molar-refractivity contribution in [1.29, 1.82) is 0 Å². The van der Waals surface area contributed by atoms with Crippen molar-refractivity contribution in [3.05, 3.63) is 66.5 Å². The number of amides is 1. The molecular weight excluding hydrogens is 262 g/mol. The molecule has 0 aliphatic heterocycles. The van der Waals surface area contributed by atoms with Crippen molar-refractivity contribution in [2.75, 3.05) is 17.7 Å². The molecule has 0 fully saturated rings. The van der Waals surface area contributed by atoms with Gasteiger partial charge in [-0.3, -0.25) is 9.78 Å². The summed E-state index contributed by atoms with van der Waals surface area (Å²) in [6, 6.07) is 15.4. The van der Waals surface area contributed by atoms with Gasteiger partial charge >= 0.3 is 0 Å². The molecule has 0 aliphatic rings. The van der Waals surface area contributed by atoms with Gasteiger partial charge in [0.15, 0.2) is 0 Å². The maximum Gasteiger partial charge on any atom is 0.258 e. The molecule has 1 amide bonds. The summed E-state index contributed by atoms with van der Waals surface area (Å²) in [4.78, 5) is 18.1. The minimum atomic E-state index is -0.0985. The summed E-state index contributed by atoms with van der Waals surface area (Å²) in [5.41, 5.74) is 7.64. The number of fused-ring (bicyclic) bond motifs is 1. The molecule has 3 rings (SSSR count). The van der Waals surface area contributed by atoms with Crippen LogP contribution in [0.2, 0.25) is 0 Å². The highest BCUT2D eigenvalue weighted by atomic mass is 16.2. The van der Waals surface area contributed by atoms with E-state index in [0.717, 1.165) is 10.8 Å². The minimum absolute atomic E-state index is 0.0985. The van der Waals surface area contributed by atoms with Crippen LogP contribution in [-0.4, -0.2) is 17.9 Å². The van der Waals surface area contributed by atoms with Crippen molar-refractivity contribution in [3.8, 4) is 0 Å². The number of nitrogens with zero attached hydrogens (tertiary/aromatic N) is 2. The second kappa shape index (κ2) is 5.25. The van der Waals surface area contributed by atoms with Gasteiger partial charge in [-0.15, -0.1) is 0 Å². The zero-order valence-corrected chi connectivity index (χ0v) is 11.7. The number of rotatable bonds is 2. The van der Waals surface area contributed by atoms with E-state index >= 15 is 0 Å². The summed E-state index contributed by atoms with van der Waals surface area (Å²) in [6.07, 6.45) is 3.16. The third kappa shape index (κ3) is 2.43. The molecular formula is C17H15N3O. The lowest BCUT2D eigenvalue weighted by atomic mass is 10.1. The average Bonchev–Trinajstić information content (AvgIpc) is 2.53. The number of aromatic nitrogens is 1. The van der Waals surface area contributed by atoms with Gasteiger partial charge in [-0.2, -0.15) is 0 Å². The number of hydrogen-bond acceptors (Lipinski definition) is 3. The van der Waals surface area contributed by atoms with Gasteiger partial charge in [-0.25, -0.2) is 0 Å². The molecule has 0 bridgehead atoms. The molecule has 4 heteroatoms. The first kappa shape index (κ1) is 13.1. The lowest BCUT2D eigenvalue weighted by molar-refractivity contribution is 0.0993. The van der Waals surface area contributed by atoms with Gasteiger partial charge in [-0.05, 0) is 29.0 Å². The number of pyridine rings is 1. The normalized spacial score (nSPS) is 10.5. The van der Waals surface area contributed by atoms with Gasteiger partial charge in [0.25, 0.3) is 5.91 Å². The van der Waals surface area contributed by atoms with E-state index in [4.69, 9.17) is 5.73 Å². The molecule has 104 valence electrons. The Morgan fingerprint density at radius 2 is 1.86 bits per heavy atom. The largest absolute Gasteiger partial charge is 0.396 e. The molecule has 0 unspecified atom stereocenters. The van der Waals surface area contributed by atoms with E-state index in [2.05, 4.69) is 4.98 Å². The second-order valence-corrected chi connectivity index (χ2v) is 4.86. The summed E-state index contributed by atoms with van der Waals surface area (Å²) < 4.78 is 0. The molecule has 2 aromatic carbocycles. The lowest BCUT2D eigenvalue weighted by Crippen LogP contribution is -2.27. The fourth-order valence-corrected chi connectivity index (χ4v) is 2.33. The molecule has 0 radical (unpaired) electrons. The highest BCUT2D eigenvalue weighted by Gasteiger charge is 2.15. The highest BCUT2D eigenvalue weighted by molar-refractivity contribution is 6.08. The van der Waals surface area contributed by atoms with Crippen molar-refractivity contribution < 1.29 is 4.79 Å². The smallest absolute Gasteiger partial charge is 0.258 e. The second-order valence-electron chi connectivity index (χ2n) is 4.86. The van der Waals surface area contributed by atoms with E-state index in [1.54, 1.807) is 30.4 Å². The van der Waals surface area contributed by atoms with Crippen LogP contribution in [0.25, 0.3) is 10.8 Å². The molecule has 21 heavy (non-hydrogen) atoms. The standard InChI is InChI=1S/C17H15N3O/c1-20(16-8-9-19-11-15(16)18)17(21)14-7-6-12-4-2-3-5-13(12)10-14/h2-11H,18H2,1H3. The molecule has 1 aromatic heterocycles. The Morgan fingerprint density at radius 3 is 2.62 bits per heavy atom. The third-order valence-electron chi connectivity index (χ3n) is 3.49. The van der Waals surface area contributed by atoms with E-state index in [0.29, 0.717) is 16.9 Å². The topological polar surface area (TPSA) is 59.2 Å². The number of nitrogen functional groups attached to an aromatic ring is 1. The molecule has 3 aromatic rings. The summed E-state index contributed by atoms with van der Waals surface area (Å²) in [7, 11) is 1.71. The van der Waals surface area contributed by atoms with E-state index in [1.165, 1.54) is 0 Å². The molecule has 2 N–H and O–H groups in total. The first-order valence-electron chi connectivity index (χ1n) is 6.63. The van der Waals surface area contributed by atoms with Crippen molar-refractivity contribution in [2.45, 2.75) is 0 Å². The maximum atomic E-state index is 12.6. The van der Waals surface area contributed by atoms with Crippen LogP contribution < -0.4 is 10.6 Å². The summed E-state index contributed by atoms with van der Waals surface area (Å²) in [5, 5.41) is 2.15. The molecule has 4 nitrogen and oxygen atoms in total.